The van der Waals surface area contributed by atoms with Crippen molar-refractivity contribution in [3.63, 3.8) is 0 Å². The largest absolute Gasteiger partial charge is 0.497 e. The van der Waals surface area contributed by atoms with E-state index < -0.39 is 23.6 Å². The fraction of sp³-hybridized carbons (Fsp3) is 0.273. The summed E-state index contributed by atoms with van der Waals surface area (Å²) in [6, 6.07) is 12.2. The van der Waals surface area contributed by atoms with Crippen LogP contribution in [0.25, 0.3) is 11.0 Å². The first-order valence-electron chi connectivity index (χ1n) is 9.20. The third kappa shape index (κ3) is 3.08. The molecule has 2 atom stereocenters. The lowest BCUT2D eigenvalue weighted by Crippen LogP contribution is -2.32. The van der Waals surface area contributed by atoms with E-state index in [0.717, 1.165) is 0 Å². The summed E-state index contributed by atoms with van der Waals surface area (Å²) in [5.41, 5.74) is 0.701. The van der Waals surface area contributed by atoms with Crippen LogP contribution in [0, 0.1) is 0 Å². The van der Waals surface area contributed by atoms with Crippen LogP contribution in [0.1, 0.15) is 24.0 Å². The van der Waals surface area contributed by atoms with E-state index in [1.54, 1.807) is 50.4 Å². The first-order valence-corrected chi connectivity index (χ1v) is 9.20. The van der Waals surface area contributed by atoms with E-state index in [1.807, 2.05) is 6.07 Å². The van der Waals surface area contributed by atoms with Crippen molar-refractivity contribution in [3.05, 3.63) is 64.0 Å². The van der Waals surface area contributed by atoms with E-state index in [2.05, 4.69) is 0 Å². The second-order valence-electron chi connectivity index (χ2n) is 6.50. The van der Waals surface area contributed by atoms with Crippen molar-refractivity contribution < 1.29 is 28.2 Å². The summed E-state index contributed by atoms with van der Waals surface area (Å²) < 4.78 is 27.5. The average Bonchev–Trinajstić information content (AvgIpc) is 3.15. The molecule has 0 unspecified atom stereocenters. The Balaban J connectivity index is 1.97. The highest BCUT2D eigenvalue weighted by Crippen LogP contribution is 2.47. The average molecular weight is 396 g/mol. The lowest BCUT2D eigenvalue weighted by molar-refractivity contribution is -0.151. The summed E-state index contributed by atoms with van der Waals surface area (Å²) in [5.74, 6) is 0.0780. The molecule has 0 bridgehead atoms. The van der Waals surface area contributed by atoms with Crippen LogP contribution in [-0.4, -0.2) is 32.9 Å². The molecular formula is C22H20O7. The van der Waals surface area contributed by atoms with Crippen molar-refractivity contribution in [1.29, 1.82) is 0 Å². The third-order valence-corrected chi connectivity index (χ3v) is 4.95. The molecule has 0 saturated carbocycles. The number of rotatable bonds is 5. The summed E-state index contributed by atoms with van der Waals surface area (Å²) in [7, 11) is 3.06. The molecule has 2 aromatic carbocycles. The Hall–Kier alpha value is -3.48. The molecule has 0 spiro atoms. The Morgan fingerprint density at radius 2 is 1.90 bits per heavy atom. The second-order valence-corrected chi connectivity index (χ2v) is 6.50. The molecule has 0 saturated heterocycles. The van der Waals surface area contributed by atoms with Crippen LogP contribution in [-0.2, 0) is 9.53 Å². The maximum Gasteiger partial charge on any atom is 0.348 e. The van der Waals surface area contributed by atoms with Gasteiger partial charge in [-0.05, 0) is 25.1 Å². The zero-order valence-corrected chi connectivity index (χ0v) is 16.3. The third-order valence-electron chi connectivity index (χ3n) is 4.95. The zero-order valence-electron chi connectivity index (χ0n) is 16.3. The minimum Gasteiger partial charge on any atom is -0.497 e. The minimum atomic E-state index is -1.04. The number of hydrogen-bond donors (Lipinski definition) is 0. The van der Waals surface area contributed by atoms with E-state index in [-0.39, 0.29) is 12.2 Å². The Labute approximate surface area is 166 Å². The van der Waals surface area contributed by atoms with Crippen molar-refractivity contribution in [3.8, 4) is 17.2 Å². The maximum absolute atomic E-state index is 12.9. The van der Waals surface area contributed by atoms with E-state index in [1.165, 1.54) is 7.11 Å². The SMILES string of the molecule is CCOC(=O)[C@H]1Oc2c(c(=O)oc3ccccc23)[C@@H]1c1ccc(OC)cc1OC. The van der Waals surface area contributed by atoms with Crippen LogP contribution in [0.4, 0.5) is 0 Å². The highest BCUT2D eigenvalue weighted by Gasteiger charge is 2.46. The maximum atomic E-state index is 12.9. The Morgan fingerprint density at radius 3 is 2.62 bits per heavy atom. The molecule has 0 fully saturated rings. The highest BCUT2D eigenvalue weighted by molar-refractivity contribution is 5.88. The molecule has 0 N–H and O–H groups in total. The molecule has 150 valence electrons. The number of carbonyl (C=O) groups excluding carboxylic acids is 1. The summed E-state index contributed by atoms with van der Waals surface area (Å²) in [4.78, 5) is 25.6. The summed E-state index contributed by atoms with van der Waals surface area (Å²) >= 11 is 0. The number of esters is 1. The number of hydrogen-bond acceptors (Lipinski definition) is 7. The van der Waals surface area contributed by atoms with Crippen molar-refractivity contribution >= 4 is 16.9 Å². The number of para-hydroxylation sites is 1. The molecule has 1 aromatic heterocycles. The number of benzene rings is 2. The molecule has 1 aliphatic heterocycles. The first kappa shape index (κ1) is 18.9. The Morgan fingerprint density at radius 1 is 1.10 bits per heavy atom. The molecule has 1 aliphatic rings. The van der Waals surface area contributed by atoms with Gasteiger partial charge in [-0.2, -0.15) is 0 Å². The number of methoxy groups -OCH3 is 2. The van der Waals surface area contributed by atoms with Crippen molar-refractivity contribution in [1.82, 2.24) is 0 Å². The molecule has 0 radical (unpaired) electrons. The number of fused-ring (bicyclic) bond motifs is 3. The molecule has 29 heavy (non-hydrogen) atoms. The van der Waals surface area contributed by atoms with Gasteiger partial charge in [-0.15, -0.1) is 0 Å². The quantitative estimate of drug-likeness (QED) is 0.483. The molecule has 3 aromatic rings. The molecule has 2 heterocycles. The fourth-order valence-electron chi connectivity index (χ4n) is 3.68. The van der Waals surface area contributed by atoms with Crippen LogP contribution in [0.3, 0.4) is 0 Å². The lowest BCUT2D eigenvalue weighted by Gasteiger charge is -2.20. The van der Waals surface area contributed by atoms with E-state index >= 15 is 0 Å². The van der Waals surface area contributed by atoms with Crippen LogP contribution >= 0.6 is 0 Å². The van der Waals surface area contributed by atoms with Gasteiger partial charge in [-0.1, -0.05) is 18.2 Å². The van der Waals surface area contributed by atoms with Gasteiger partial charge >= 0.3 is 11.6 Å². The summed E-state index contributed by atoms with van der Waals surface area (Å²) in [6.45, 7) is 1.91. The van der Waals surface area contributed by atoms with Crippen LogP contribution in [0.15, 0.2) is 51.7 Å². The second kappa shape index (κ2) is 7.50. The normalized spacial score (nSPS) is 17.5. The van der Waals surface area contributed by atoms with Crippen molar-refractivity contribution in [2.75, 3.05) is 20.8 Å². The zero-order chi connectivity index (χ0) is 20.5. The molecule has 7 heteroatoms. The predicted molar refractivity (Wildman–Crippen MR) is 105 cm³/mol. The van der Waals surface area contributed by atoms with Crippen molar-refractivity contribution in [2.24, 2.45) is 0 Å². The summed E-state index contributed by atoms with van der Waals surface area (Å²) in [6.07, 6.45) is -1.04. The smallest absolute Gasteiger partial charge is 0.348 e. The number of ether oxygens (including phenoxy) is 4. The number of carbonyl (C=O) groups is 1. The van der Waals surface area contributed by atoms with Crippen LogP contribution in [0.2, 0.25) is 0 Å². The highest BCUT2D eigenvalue weighted by atomic mass is 16.6. The Kier molecular flexibility index (Phi) is 4.88. The van der Waals surface area contributed by atoms with Gasteiger partial charge in [-0.25, -0.2) is 9.59 Å². The Bertz CT molecular complexity index is 1130. The van der Waals surface area contributed by atoms with Gasteiger partial charge in [0.25, 0.3) is 0 Å². The van der Waals surface area contributed by atoms with Crippen LogP contribution in [0.5, 0.6) is 17.2 Å². The van der Waals surface area contributed by atoms with E-state index in [9.17, 15) is 9.59 Å². The first-order chi connectivity index (χ1) is 14.1. The molecular weight excluding hydrogens is 376 g/mol. The van der Waals surface area contributed by atoms with E-state index in [0.29, 0.717) is 33.8 Å². The van der Waals surface area contributed by atoms with Gasteiger partial charge in [0.15, 0.2) is 0 Å². The molecule has 0 amide bonds. The minimum absolute atomic E-state index is 0.191. The van der Waals surface area contributed by atoms with Gasteiger partial charge in [0.05, 0.1) is 37.7 Å². The summed E-state index contributed by atoms with van der Waals surface area (Å²) in [5, 5.41) is 0.617. The van der Waals surface area contributed by atoms with Gasteiger partial charge in [0.1, 0.15) is 22.8 Å². The lowest BCUT2D eigenvalue weighted by atomic mass is 9.87. The topological polar surface area (TPSA) is 84.2 Å². The van der Waals surface area contributed by atoms with Crippen molar-refractivity contribution in [2.45, 2.75) is 18.9 Å². The van der Waals surface area contributed by atoms with Gasteiger partial charge in [0, 0.05) is 11.6 Å². The van der Waals surface area contributed by atoms with Gasteiger partial charge in [-0.3, -0.25) is 0 Å². The van der Waals surface area contributed by atoms with Crippen LogP contribution < -0.4 is 19.8 Å². The fourth-order valence-corrected chi connectivity index (χ4v) is 3.68. The van der Waals surface area contributed by atoms with Gasteiger partial charge < -0.3 is 23.4 Å². The standard InChI is InChI=1S/C22H20O7/c1-4-27-22(24)20-17(13-10-9-12(25-2)11-16(13)26-3)18-19(29-20)14-7-5-6-8-15(14)28-21(18)23/h5-11,17,20H,4H2,1-3H3/t17-,20-/m0/s1. The molecule has 4 rings (SSSR count). The van der Waals surface area contributed by atoms with E-state index in [4.69, 9.17) is 23.4 Å². The molecule has 7 nitrogen and oxygen atoms in total. The predicted octanol–water partition coefficient (Wildman–Crippen LogP) is 3.27. The monoisotopic (exact) mass is 396 g/mol. The van der Waals surface area contributed by atoms with Gasteiger partial charge in [0.2, 0.25) is 6.10 Å². The molecule has 0 aliphatic carbocycles.